The highest BCUT2D eigenvalue weighted by atomic mass is 19.1. The second kappa shape index (κ2) is 11.6. The van der Waals surface area contributed by atoms with Crippen LogP contribution in [0.3, 0.4) is 0 Å². The van der Waals surface area contributed by atoms with Gasteiger partial charge < -0.3 is 10.2 Å². The molecule has 2 aromatic carbocycles. The van der Waals surface area contributed by atoms with Crippen LogP contribution in [-0.4, -0.2) is 28.8 Å². The predicted molar refractivity (Wildman–Crippen MR) is 121 cm³/mol. The second-order valence-corrected chi connectivity index (χ2v) is 8.41. The maximum absolute atomic E-state index is 14.4. The van der Waals surface area contributed by atoms with E-state index >= 15 is 0 Å². The van der Waals surface area contributed by atoms with Gasteiger partial charge in [0, 0.05) is 31.0 Å². The summed E-state index contributed by atoms with van der Waals surface area (Å²) in [5.41, 5.74) is 1.41. The molecule has 2 aromatic rings. The summed E-state index contributed by atoms with van der Waals surface area (Å²) in [5, 5.41) is 3.19. The van der Waals surface area contributed by atoms with Gasteiger partial charge in [-0.05, 0) is 30.9 Å². The average Bonchev–Trinajstić information content (AvgIpc) is 2.79. The van der Waals surface area contributed by atoms with Crippen molar-refractivity contribution in [3.63, 3.8) is 0 Å². The van der Waals surface area contributed by atoms with Gasteiger partial charge in [-0.1, -0.05) is 74.7 Å². The molecule has 1 aliphatic carbocycles. The van der Waals surface area contributed by atoms with Crippen LogP contribution < -0.4 is 5.32 Å². The highest BCUT2D eigenvalue weighted by Gasteiger charge is 2.31. The first-order valence-electron chi connectivity index (χ1n) is 11.5. The summed E-state index contributed by atoms with van der Waals surface area (Å²) >= 11 is 0. The summed E-state index contributed by atoms with van der Waals surface area (Å²) in [5.74, 6) is -0.620. The van der Waals surface area contributed by atoms with Gasteiger partial charge in [-0.15, -0.1) is 0 Å². The fourth-order valence-corrected chi connectivity index (χ4v) is 4.27. The largest absolute Gasteiger partial charge is 0.352 e. The lowest BCUT2D eigenvalue weighted by atomic mass is 9.94. The number of amides is 2. The molecule has 31 heavy (non-hydrogen) atoms. The maximum Gasteiger partial charge on any atom is 0.243 e. The molecule has 0 spiro atoms. The van der Waals surface area contributed by atoms with Gasteiger partial charge in [0.1, 0.15) is 11.9 Å². The van der Waals surface area contributed by atoms with Gasteiger partial charge in [-0.25, -0.2) is 4.39 Å². The highest BCUT2D eigenvalue weighted by molar-refractivity contribution is 5.88. The van der Waals surface area contributed by atoms with Crippen LogP contribution in [0, 0.1) is 5.82 Å². The highest BCUT2D eigenvalue weighted by Crippen LogP contribution is 2.21. The van der Waals surface area contributed by atoms with Crippen LogP contribution >= 0.6 is 0 Å². The van der Waals surface area contributed by atoms with Crippen LogP contribution in [0.25, 0.3) is 0 Å². The van der Waals surface area contributed by atoms with E-state index in [2.05, 4.69) is 5.32 Å². The minimum atomic E-state index is -0.678. The average molecular weight is 425 g/mol. The van der Waals surface area contributed by atoms with Crippen LogP contribution in [0.1, 0.15) is 63.0 Å². The minimum Gasteiger partial charge on any atom is -0.352 e. The first-order chi connectivity index (χ1) is 15.1. The van der Waals surface area contributed by atoms with Gasteiger partial charge in [0.25, 0.3) is 0 Å². The van der Waals surface area contributed by atoms with Crippen LogP contribution in [0.5, 0.6) is 0 Å². The van der Waals surface area contributed by atoms with Crippen molar-refractivity contribution in [2.75, 3.05) is 0 Å². The second-order valence-electron chi connectivity index (χ2n) is 8.41. The van der Waals surface area contributed by atoms with Crippen LogP contribution in [0.4, 0.5) is 4.39 Å². The van der Waals surface area contributed by atoms with Crippen molar-refractivity contribution >= 4 is 11.8 Å². The molecule has 1 atom stereocenters. The smallest absolute Gasteiger partial charge is 0.243 e. The van der Waals surface area contributed by atoms with Gasteiger partial charge in [0.15, 0.2) is 0 Å². The Morgan fingerprint density at radius 3 is 2.39 bits per heavy atom. The summed E-state index contributed by atoms with van der Waals surface area (Å²) < 4.78 is 14.4. The maximum atomic E-state index is 14.4. The normalized spacial score (nSPS) is 15.3. The molecule has 0 saturated heterocycles. The number of hydrogen-bond acceptors (Lipinski definition) is 2. The van der Waals surface area contributed by atoms with Crippen molar-refractivity contribution in [1.82, 2.24) is 10.2 Å². The standard InChI is InChI=1S/C26H33FN2O2/c1-2-11-25(30)29(19-21-14-9-10-17-23(21)27)24(18-20-12-5-3-6-13-20)26(31)28-22-15-7-4-8-16-22/h3,5-6,9-10,12-14,17,22,24H,2,4,7-8,11,15-16,18-19H2,1H3,(H,28,31)/t24-/m1/s1. The summed E-state index contributed by atoms with van der Waals surface area (Å²) in [6, 6.07) is 15.7. The molecule has 1 saturated carbocycles. The van der Waals surface area contributed by atoms with Crippen LogP contribution in [-0.2, 0) is 22.6 Å². The van der Waals surface area contributed by atoms with Gasteiger partial charge in [-0.3, -0.25) is 9.59 Å². The number of rotatable bonds is 9. The van der Waals surface area contributed by atoms with Crippen molar-refractivity contribution in [3.8, 4) is 0 Å². The minimum absolute atomic E-state index is 0.0844. The summed E-state index contributed by atoms with van der Waals surface area (Å²) in [7, 11) is 0. The first-order valence-corrected chi connectivity index (χ1v) is 11.5. The SMILES string of the molecule is CCCC(=O)N(Cc1ccccc1F)[C@H](Cc1ccccc1)C(=O)NC1CCCCC1. The number of halogens is 1. The third-order valence-corrected chi connectivity index (χ3v) is 5.99. The Bertz CT molecular complexity index is 849. The molecule has 5 heteroatoms. The van der Waals surface area contributed by atoms with Gasteiger partial charge in [-0.2, -0.15) is 0 Å². The molecule has 0 bridgehead atoms. The summed E-state index contributed by atoms with van der Waals surface area (Å²) in [6.07, 6.45) is 6.78. The Morgan fingerprint density at radius 2 is 1.71 bits per heavy atom. The lowest BCUT2D eigenvalue weighted by molar-refractivity contribution is -0.141. The molecule has 0 radical (unpaired) electrons. The number of nitrogens with zero attached hydrogens (tertiary/aromatic N) is 1. The Morgan fingerprint density at radius 1 is 1.03 bits per heavy atom. The molecule has 3 rings (SSSR count). The molecule has 1 aliphatic rings. The van der Waals surface area contributed by atoms with E-state index in [1.807, 2.05) is 37.3 Å². The number of carbonyl (C=O) groups excluding carboxylic acids is 2. The third kappa shape index (κ3) is 6.65. The van der Waals surface area contributed by atoms with E-state index in [0.717, 1.165) is 31.2 Å². The molecule has 4 nitrogen and oxygen atoms in total. The van der Waals surface area contributed by atoms with Gasteiger partial charge in [0.2, 0.25) is 11.8 Å². The van der Waals surface area contributed by atoms with E-state index in [1.54, 1.807) is 23.1 Å². The molecule has 0 heterocycles. The van der Waals surface area contributed by atoms with Crippen LogP contribution in [0.15, 0.2) is 54.6 Å². The summed E-state index contributed by atoms with van der Waals surface area (Å²) in [6.45, 7) is 2.02. The Kier molecular flexibility index (Phi) is 8.63. The molecule has 0 unspecified atom stereocenters. The number of hydrogen-bond donors (Lipinski definition) is 1. The summed E-state index contributed by atoms with van der Waals surface area (Å²) in [4.78, 5) is 28.1. The number of benzene rings is 2. The van der Waals surface area contributed by atoms with Crippen molar-refractivity contribution < 1.29 is 14.0 Å². The lowest BCUT2D eigenvalue weighted by Crippen LogP contribution is -2.52. The van der Waals surface area contributed by atoms with Gasteiger partial charge in [0.05, 0.1) is 0 Å². The zero-order chi connectivity index (χ0) is 22.1. The first kappa shape index (κ1) is 23.0. The Hall–Kier alpha value is -2.69. The molecule has 1 N–H and O–H groups in total. The van der Waals surface area contributed by atoms with E-state index in [0.29, 0.717) is 24.8 Å². The molecule has 166 valence electrons. The third-order valence-electron chi connectivity index (χ3n) is 5.99. The van der Waals surface area contributed by atoms with Crippen molar-refractivity contribution in [2.24, 2.45) is 0 Å². The Labute approximate surface area is 184 Å². The molecular formula is C26H33FN2O2. The number of carbonyl (C=O) groups is 2. The molecular weight excluding hydrogens is 391 g/mol. The van der Waals surface area contributed by atoms with E-state index in [-0.39, 0.29) is 30.2 Å². The van der Waals surface area contributed by atoms with Crippen molar-refractivity contribution in [3.05, 3.63) is 71.5 Å². The predicted octanol–water partition coefficient (Wildman–Crippen LogP) is 5.01. The quantitative estimate of drug-likeness (QED) is 0.615. The zero-order valence-corrected chi connectivity index (χ0v) is 18.4. The molecule has 1 fully saturated rings. The molecule has 0 aliphatic heterocycles. The monoisotopic (exact) mass is 424 g/mol. The lowest BCUT2D eigenvalue weighted by Gasteiger charge is -2.33. The van der Waals surface area contributed by atoms with E-state index in [9.17, 15) is 14.0 Å². The fourth-order valence-electron chi connectivity index (χ4n) is 4.27. The molecule has 2 amide bonds. The fraction of sp³-hybridized carbons (Fsp3) is 0.462. The van der Waals surface area contributed by atoms with E-state index in [4.69, 9.17) is 0 Å². The van der Waals surface area contributed by atoms with Crippen molar-refractivity contribution in [1.29, 1.82) is 0 Å². The van der Waals surface area contributed by atoms with Gasteiger partial charge >= 0.3 is 0 Å². The van der Waals surface area contributed by atoms with Crippen LogP contribution in [0.2, 0.25) is 0 Å². The van der Waals surface area contributed by atoms with Crippen molar-refractivity contribution in [2.45, 2.75) is 76.9 Å². The van der Waals surface area contributed by atoms with E-state index in [1.165, 1.54) is 12.5 Å². The molecule has 0 aromatic heterocycles. The van der Waals surface area contributed by atoms with E-state index < -0.39 is 6.04 Å². The zero-order valence-electron chi connectivity index (χ0n) is 18.4. The number of nitrogens with one attached hydrogen (secondary N) is 1. The Balaban J connectivity index is 1.89. The topological polar surface area (TPSA) is 49.4 Å².